The van der Waals surface area contributed by atoms with E-state index in [9.17, 15) is 0 Å². The summed E-state index contributed by atoms with van der Waals surface area (Å²) in [7, 11) is 4.03. The van der Waals surface area contributed by atoms with E-state index in [1.54, 1.807) is 0 Å². The monoisotopic (exact) mass is 372 g/mol. The molecule has 0 aliphatic rings. The fraction of sp³-hybridized carbons (Fsp3) is 0.182. The van der Waals surface area contributed by atoms with Crippen molar-refractivity contribution < 1.29 is 0 Å². The number of fused-ring (bicyclic) bond motifs is 6. The van der Waals surface area contributed by atoms with Gasteiger partial charge in [-0.2, -0.15) is 0 Å². The zero-order valence-electron chi connectivity index (χ0n) is 16.6. The highest BCUT2D eigenvalue weighted by atomic mass is 15.2. The van der Waals surface area contributed by atoms with Gasteiger partial charge in [0.15, 0.2) is 0 Å². The molecule has 6 aromatic rings. The minimum absolute atomic E-state index is 0.987. The summed E-state index contributed by atoms with van der Waals surface area (Å²) in [4.78, 5) is 8.78. The summed E-state index contributed by atoms with van der Waals surface area (Å²) in [5.41, 5.74) is 4.63. The van der Waals surface area contributed by atoms with Crippen LogP contribution in [0.5, 0.6) is 0 Å². The predicted molar refractivity (Wildman–Crippen MR) is 115 cm³/mol. The van der Waals surface area contributed by atoms with Crippen molar-refractivity contribution in [1.29, 1.82) is 0 Å². The van der Waals surface area contributed by atoms with Crippen LogP contribution in [0.3, 0.4) is 0 Å². The van der Waals surface area contributed by atoms with Gasteiger partial charge >= 0.3 is 0 Å². The van der Waals surface area contributed by atoms with Gasteiger partial charge < -0.3 is 9.13 Å². The van der Waals surface area contributed by atoms with Crippen molar-refractivity contribution >= 4 is 33.6 Å². The average molecular weight is 372 g/mol. The molecule has 2 aromatic carbocycles. The van der Waals surface area contributed by atoms with Crippen molar-refractivity contribution in [2.75, 3.05) is 0 Å². The molecular weight excluding hydrogens is 348 g/mol. The Balaban J connectivity index is 0.000000126. The summed E-state index contributed by atoms with van der Waals surface area (Å²) in [6.45, 7) is 4.00. The third-order valence-corrected chi connectivity index (χ3v) is 4.76. The number of hydrogen-bond donors (Lipinski definition) is 0. The number of hydrogen-bond acceptors (Lipinski definition) is 2. The first-order valence-corrected chi connectivity index (χ1v) is 9.48. The molecule has 0 saturated carbocycles. The number of nitrogens with zero attached hydrogens (tertiary/aromatic N) is 6. The van der Waals surface area contributed by atoms with Gasteiger partial charge in [-0.05, 0) is 24.3 Å². The van der Waals surface area contributed by atoms with Crippen LogP contribution in [0.15, 0.2) is 73.3 Å². The molecule has 0 N–H and O–H groups in total. The Kier molecular flexibility index (Phi) is 4.61. The minimum atomic E-state index is 0.987. The smallest absolute Gasteiger partial charge is 0.214 e. The molecule has 0 saturated heterocycles. The van der Waals surface area contributed by atoms with E-state index in [1.165, 1.54) is 11.0 Å². The van der Waals surface area contributed by atoms with Gasteiger partial charge in [-0.3, -0.25) is 8.80 Å². The lowest BCUT2D eigenvalue weighted by molar-refractivity contribution is 0.940. The van der Waals surface area contributed by atoms with E-state index in [0.717, 1.165) is 22.6 Å². The lowest BCUT2D eigenvalue weighted by atomic mass is 10.3. The third kappa shape index (κ3) is 2.74. The fourth-order valence-corrected chi connectivity index (χ4v) is 3.45. The molecule has 142 valence electrons. The van der Waals surface area contributed by atoms with Crippen LogP contribution < -0.4 is 0 Å². The van der Waals surface area contributed by atoms with E-state index in [2.05, 4.69) is 41.5 Å². The Hall–Kier alpha value is -3.54. The summed E-state index contributed by atoms with van der Waals surface area (Å²) in [5.74, 6) is 1.97. The first kappa shape index (κ1) is 17.9. The Morgan fingerprint density at radius 3 is 2.11 bits per heavy atom. The normalized spacial score (nSPS) is 10.9. The van der Waals surface area contributed by atoms with Crippen molar-refractivity contribution in [2.45, 2.75) is 13.8 Å². The lowest BCUT2D eigenvalue weighted by Gasteiger charge is -1.92. The molecule has 28 heavy (non-hydrogen) atoms. The summed E-state index contributed by atoms with van der Waals surface area (Å²) < 4.78 is 8.29. The summed E-state index contributed by atoms with van der Waals surface area (Å²) >= 11 is 0. The molecule has 0 spiro atoms. The maximum atomic E-state index is 4.50. The molecule has 0 unspecified atom stereocenters. The van der Waals surface area contributed by atoms with Crippen LogP contribution in [0.25, 0.3) is 33.6 Å². The van der Waals surface area contributed by atoms with Crippen LogP contribution in [0.1, 0.15) is 13.8 Å². The zero-order valence-corrected chi connectivity index (χ0v) is 16.6. The van der Waals surface area contributed by atoms with Crippen LogP contribution in [0, 0.1) is 0 Å². The highest BCUT2D eigenvalue weighted by Gasteiger charge is 2.06. The van der Waals surface area contributed by atoms with Crippen LogP contribution in [-0.4, -0.2) is 27.9 Å². The SMILES string of the molecule is CC.Cn1c2ccccc2n2ccnc12.Cn1ccn2c3ccccc3nc12. The topological polar surface area (TPSA) is 44.5 Å². The van der Waals surface area contributed by atoms with Gasteiger partial charge in [0.2, 0.25) is 11.6 Å². The number of aromatic nitrogens is 6. The third-order valence-electron chi connectivity index (χ3n) is 4.76. The highest BCUT2D eigenvalue weighted by Crippen LogP contribution is 2.18. The van der Waals surface area contributed by atoms with E-state index < -0.39 is 0 Å². The van der Waals surface area contributed by atoms with E-state index >= 15 is 0 Å². The number of para-hydroxylation sites is 4. The van der Waals surface area contributed by atoms with Gasteiger partial charge in [0.05, 0.1) is 22.1 Å². The molecule has 0 bridgehead atoms. The molecule has 6 rings (SSSR count). The van der Waals surface area contributed by atoms with Crippen molar-refractivity contribution in [2.24, 2.45) is 14.1 Å². The first-order valence-electron chi connectivity index (χ1n) is 9.48. The van der Waals surface area contributed by atoms with E-state index in [-0.39, 0.29) is 0 Å². The quantitative estimate of drug-likeness (QED) is 0.389. The van der Waals surface area contributed by atoms with Gasteiger partial charge in [0, 0.05) is 38.9 Å². The molecule has 4 heterocycles. The van der Waals surface area contributed by atoms with E-state index in [4.69, 9.17) is 0 Å². The molecule has 0 atom stereocenters. The number of aryl methyl sites for hydroxylation is 2. The summed E-state index contributed by atoms with van der Waals surface area (Å²) in [5, 5.41) is 0. The molecule has 4 aromatic heterocycles. The second kappa shape index (κ2) is 7.23. The number of imidazole rings is 4. The predicted octanol–water partition coefficient (Wildman–Crippen LogP) is 4.68. The Labute approximate surface area is 163 Å². The lowest BCUT2D eigenvalue weighted by Crippen LogP contribution is -1.87. The maximum absolute atomic E-state index is 4.50. The van der Waals surface area contributed by atoms with Crippen LogP contribution >= 0.6 is 0 Å². The molecule has 0 amide bonds. The molecule has 0 fully saturated rings. The van der Waals surface area contributed by atoms with Crippen LogP contribution in [0.2, 0.25) is 0 Å². The van der Waals surface area contributed by atoms with Crippen LogP contribution in [0.4, 0.5) is 0 Å². The van der Waals surface area contributed by atoms with Gasteiger partial charge in [-0.25, -0.2) is 9.97 Å². The van der Waals surface area contributed by atoms with Gasteiger partial charge in [0.25, 0.3) is 0 Å². The van der Waals surface area contributed by atoms with Crippen molar-refractivity contribution in [1.82, 2.24) is 27.9 Å². The molecule has 6 heteroatoms. The number of rotatable bonds is 0. The zero-order chi connectivity index (χ0) is 19.7. The molecule has 0 aliphatic carbocycles. The number of benzene rings is 2. The average Bonchev–Trinajstić information content (AvgIpc) is 3.49. The second-order valence-corrected chi connectivity index (χ2v) is 6.32. The van der Waals surface area contributed by atoms with Crippen molar-refractivity contribution in [3.8, 4) is 0 Å². The summed E-state index contributed by atoms with van der Waals surface area (Å²) in [6.07, 6.45) is 7.85. The standard InChI is InChI=1S/2C10H9N3.C2H6/c1-12-6-7-13-9-5-3-2-4-8(9)11-10(12)13;1-12-8-4-2-3-5-9(8)13-7-6-11-10(12)13;1-2/h2*2-7H,1H3;1-2H3. The van der Waals surface area contributed by atoms with Gasteiger partial charge in [0.1, 0.15) is 0 Å². The van der Waals surface area contributed by atoms with E-state index in [0.29, 0.717) is 0 Å². The molecule has 6 nitrogen and oxygen atoms in total. The molecular formula is C22H24N6. The minimum Gasteiger partial charge on any atom is -0.320 e. The Bertz CT molecular complexity index is 1360. The Morgan fingerprint density at radius 2 is 1.32 bits per heavy atom. The summed E-state index contributed by atoms with van der Waals surface area (Å²) in [6, 6.07) is 16.4. The fourth-order valence-electron chi connectivity index (χ4n) is 3.45. The first-order chi connectivity index (χ1) is 13.7. The van der Waals surface area contributed by atoms with Crippen LogP contribution in [-0.2, 0) is 14.1 Å². The maximum Gasteiger partial charge on any atom is 0.214 e. The molecule has 0 aliphatic heterocycles. The van der Waals surface area contributed by atoms with Crippen molar-refractivity contribution in [3.63, 3.8) is 0 Å². The second-order valence-electron chi connectivity index (χ2n) is 6.32. The van der Waals surface area contributed by atoms with Gasteiger partial charge in [-0.1, -0.05) is 38.1 Å². The van der Waals surface area contributed by atoms with E-state index in [1.807, 2.05) is 87.6 Å². The highest BCUT2D eigenvalue weighted by molar-refractivity contribution is 5.80. The van der Waals surface area contributed by atoms with Gasteiger partial charge in [-0.15, -0.1) is 0 Å². The molecule has 0 radical (unpaired) electrons. The largest absolute Gasteiger partial charge is 0.320 e. The Morgan fingerprint density at radius 1 is 0.679 bits per heavy atom. The van der Waals surface area contributed by atoms with Crippen molar-refractivity contribution in [3.05, 3.63) is 73.3 Å².